The smallest absolute Gasteiger partial charge is 0.280 e. The van der Waals surface area contributed by atoms with Gasteiger partial charge in [-0.3, -0.25) is 14.3 Å². The summed E-state index contributed by atoms with van der Waals surface area (Å²) in [6.45, 7) is 17.0. The normalized spacial score (nSPS) is 21.1. The summed E-state index contributed by atoms with van der Waals surface area (Å²) < 4.78 is 15.9. The fraction of sp³-hybridized carbons (Fsp3) is 0.311. The molecule has 5 N–H and O–H groups in total. The van der Waals surface area contributed by atoms with E-state index in [1.807, 2.05) is 72.8 Å². The second-order valence-electron chi connectivity index (χ2n) is 17.1. The third kappa shape index (κ3) is 6.17. The molecule has 57 heavy (non-hydrogen) atoms. The van der Waals surface area contributed by atoms with E-state index in [0.717, 1.165) is 20.7 Å². The van der Waals surface area contributed by atoms with Gasteiger partial charge in [0.2, 0.25) is 5.95 Å². The minimum atomic E-state index is -3.78. The van der Waals surface area contributed by atoms with Crippen LogP contribution in [0.1, 0.15) is 47.8 Å². The van der Waals surface area contributed by atoms with Crippen LogP contribution < -0.4 is 32.0 Å². The van der Waals surface area contributed by atoms with Crippen LogP contribution in [0.15, 0.2) is 145 Å². The lowest BCUT2D eigenvalue weighted by molar-refractivity contribution is -0.0732. The largest absolute Gasteiger partial charge is 0.393 e. The minimum absolute atomic E-state index is 0.0514. The second kappa shape index (κ2) is 15.1. The summed E-state index contributed by atoms with van der Waals surface area (Å²) in [6, 6.07) is 40.6. The summed E-state index contributed by atoms with van der Waals surface area (Å²) in [7, 11) is -7.27. The van der Waals surface area contributed by atoms with Gasteiger partial charge in [0.05, 0.1) is 18.7 Å². The number of nitrogens with one attached hydrogen (secondary N) is 1. The van der Waals surface area contributed by atoms with E-state index in [-0.39, 0.29) is 23.7 Å². The number of anilines is 1. The van der Waals surface area contributed by atoms with Crippen molar-refractivity contribution in [2.45, 2.75) is 81.0 Å². The molecule has 296 valence electrons. The van der Waals surface area contributed by atoms with Crippen LogP contribution in [0.4, 0.5) is 5.95 Å². The summed E-state index contributed by atoms with van der Waals surface area (Å²) in [5.41, 5.74) is 4.58. The number of H-pyrrole nitrogens is 1. The van der Waals surface area contributed by atoms with Gasteiger partial charge < -0.3 is 25.4 Å². The van der Waals surface area contributed by atoms with Crippen LogP contribution >= 0.6 is 0 Å². The quantitative estimate of drug-likeness (QED) is 0.111. The molecule has 0 saturated carbocycles. The van der Waals surface area contributed by atoms with Crippen molar-refractivity contribution in [1.82, 2.24) is 19.5 Å². The zero-order valence-corrected chi connectivity index (χ0v) is 35.5. The maximum atomic E-state index is 14.9. The summed E-state index contributed by atoms with van der Waals surface area (Å²) >= 11 is 0. The van der Waals surface area contributed by atoms with Crippen molar-refractivity contribution in [1.29, 1.82) is 0 Å². The van der Waals surface area contributed by atoms with Gasteiger partial charge in [0, 0.05) is 0 Å². The Kier molecular flexibility index (Phi) is 10.7. The highest BCUT2D eigenvalue weighted by molar-refractivity contribution is 7.07. The Morgan fingerprint density at radius 3 is 1.77 bits per heavy atom. The molecular weight excluding hydrogens is 747 g/mol. The lowest BCUT2D eigenvalue weighted by Gasteiger charge is -2.58. The number of nitrogens with two attached hydrogens (primary N) is 1. The highest BCUT2D eigenvalue weighted by Crippen LogP contribution is 2.55. The maximum Gasteiger partial charge on any atom is 0.280 e. The van der Waals surface area contributed by atoms with E-state index in [0.29, 0.717) is 0 Å². The molecule has 3 heterocycles. The molecule has 7 rings (SSSR count). The first-order valence-electron chi connectivity index (χ1n) is 19.4. The fourth-order valence-corrected chi connectivity index (χ4v) is 23.0. The standard InChI is InChI=1S/C45H53N5O5Si2/c1-8-29-54-36-40(50-30-47-35-38(50)48-42(46)49-39(35)51)55-37(41(52)56(43(2,3)4,31-21-13-9-14-22-31)32-23-15-10-16-24-32)45(36,53)57(44(5,6)7,33-25-17-11-18-26-33)34-27-19-12-20-28-34/h8-28,30,36-37,40-41,52-53H,1,29H2,2-7H3,(H3,46,48,49,51)/t36-,37+,40+,41?,45+/m0/s1. The van der Waals surface area contributed by atoms with Crippen molar-refractivity contribution in [2.75, 3.05) is 12.3 Å². The molecule has 1 aliphatic heterocycles. The first-order chi connectivity index (χ1) is 27.2. The van der Waals surface area contributed by atoms with Crippen LogP contribution in [0.25, 0.3) is 11.2 Å². The van der Waals surface area contributed by atoms with E-state index in [1.54, 1.807) is 10.6 Å². The van der Waals surface area contributed by atoms with Gasteiger partial charge in [-0.05, 0) is 10.1 Å². The number of rotatable bonds is 11. The van der Waals surface area contributed by atoms with E-state index in [2.05, 4.69) is 112 Å². The number of aliphatic hydroxyl groups is 2. The molecule has 1 saturated heterocycles. The average Bonchev–Trinajstić information content (AvgIpc) is 3.73. The molecule has 2 aromatic heterocycles. The summed E-state index contributed by atoms with van der Waals surface area (Å²) in [5.74, 6) is -0.0954. The van der Waals surface area contributed by atoms with Gasteiger partial charge in [-0.1, -0.05) is 190 Å². The fourth-order valence-electron chi connectivity index (χ4n) is 10.1. The third-order valence-electron chi connectivity index (χ3n) is 12.0. The Balaban J connectivity index is 1.66. The molecule has 4 aromatic carbocycles. The van der Waals surface area contributed by atoms with E-state index in [9.17, 15) is 15.0 Å². The Hall–Kier alpha value is -4.96. The van der Waals surface area contributed by atoms with Gasteiger partial charge in [-0.15, -0.1) is 6.58 Å². The number of ether oxygens (including phenoxy) is 2. The molecule has 10 nitrogen and oxygen atoms in total. The lowest BCUT2D eigenvalue weighted by atomic mass is 10.1. The zero-order valence-electron chi connectivity index (χ0n) is 33.5. The Bertz CT molecular complexity index is 2300. The molecular formula is C45H53N5O5Si2. The lowest BCUT2D eigenvalue weighted by Crippen LogP contribution is -2.86. The molecule has 0 radical (unpaired) electrons. The van der Waals surface area contributed by atoms with Crippen LogP contribution in [0.3, 0.4) is 0 Å². The molecule has 6 aromatic rings. The van der Waals surface area contributed by atoms with E-state index >= 15 is 0 Å². The Morgan fingerprint density at radius 1 is 0.860 bits per heavy atom. The number of fused-ring (bicyclic) bond motifs is 1. The number of hydrogen-bond donors (Lipinski definition) is 4. The van der Waals surface area contributed by atoms with Crippen molar-refractivity contribution >= 4 is 54.0 Å². The molecule has 0 aliphatic carbocycles. The second-order valence-corrected chi connectivity index (χ2v) is 26.9. The van der Waals surface area contributed by atoms with E-state index in [4.69, 9.17) is 15.2 Å². The highest BCUT2D eigenvalue weighted by atomic mass is 28.3. The van der Waals surface area contributed by atoms with Crippen LogP contribution in [0.5, 0.6) is 0 Å². The molecule has 12 heteroatoms. The summed E-state index contributed by atoms with van der Waals surface area (Å²) in [6.07, 6.45) is -0.439. The number of benzene rings is 4. The topological polar surface area (TPSA) is 149 Å². The average molecular weight is 800 g/mol. The molecule has 1 fully saturated rings. The van der Waals surface area contributed by atoms with Crippen LogP contribution in [-0.4, -0.2) is 75.6 Å². The Morgan fingerprint density at radius 2 is 1.33 bits per heavy atom. The SMILES string of the molecule is C=CCO[C@H]1[C@H](n2cnc3c(=O)[nH]c(N)nc32)O[C@H](C(O)[Si](c2ccccc2)(c2ccccc2)C(C)(C)C)[C@]1(O)[Si](c1ccccc1)(c1ccccc1)C(C)(C)C. The van der Waals surface area contributed by atoms with Gasteiger partial charge in [-0.2, -0.15) is 4.98 Å². The molecule has 1 aliphatic rings. The number of aromatic nitrogens is 4. The van der Waals surface area contributed by atoms with Crippen molar-refractivity contribution in [3.8, 4) is 0 Å². The third-order valence-corrected chi connectivity index (χ3v) is 24.5. The first-order valence-corrected chi connectivity index (χ1v) is 23.5. The van der Waals surface area contributed by atoms with Crippen LogP contribution in [0, 0.1) is 0 Å². The van der Waals surface area contributed by atoms with Gasteiger partial charge in [-0.25, -0.2) is 4.98 Å². The number of hydrogen-bond acceptors (Lipinski definition) is 8. The maximum absolute atomic E-state index is 14.9. The van der Waals surface area contributed by atoms with Crippen molar-refractivity contribution in [3.63, 3.8) is 0 Å². The van der Waals surface area contributed by atoms with Crippen LogP contribution in [-0.2, 0) is 9.47 Å². The predicted octanol–water partition coefficient (Wildman–Crippen LogP) is 4.47. The van der Waals surface area contributed by atoms with Gasteiger partial charge in [0.1, 0.15) is 17.4 Å². The summed E-state index contributed by atoms with van der Waals surface area (Å²) in [5, 5.41) is 29.7. The highest BCUT2D eigenvalue weighted by Gasteiger charge is 2.76. The Labute approximate surface area is 336 Å². The number of nitrogen functional groups attached to an aromatic ring is 1. The first kappa shape index (κ1) is 40.2. The van der Waals surface area contributed by atoms with E-state index in [1.165, 1.54) is 6.33 Å². The molecule has 0 spiro atoms. The number of aliphatic hydroxyl groups excluding tert-OH is 1. The van der Waals surface area contributed by atoms with Crippen molar-refractivity contribution in [2.24, 2.45) is 0 Å². The van der Waals surface area contributed by atoms with Crippen molar-refractivity contribution in [3.05, 3.63) is 151 Å². The zero-order chi connectivity index (χ0) is 40.8. The van der Waals surface area contributed by atoms with Gasteiger partial charge in [0.15, 0.2) is 33.5 Å². The number of imidazole rings is 1. The van der Waals surface area contributed by atoms with Crippen molar-refractivity contribution < 1.29 is 19.7 Å². The molecule has 0 amide bonds. The predicted molar refractivity (Wildman–Crippen MR) is 233 cm³/mol. The van der Waals surface area contributed by atoms with E-state index < -0.39 is 61.2 Å². The monoisotopic (exact) mass is 799 g/mol. The summed E-state index contributed by atoms with van der Waals surface area (Å²) in [4.78, 5) is 24.7. The number of aromatic amines is 1. The number of nitrogens with zero attached hydrogens (tertiary/aromatic N) is 3. The minimum Gasteiger partial charge on any atom is -0.393 e. The van der Waals surface area contributed by atoms with Gasteiger partial charge >= 0.3 is 0 Å². The molecule has 0 bridgehead atoms. The molecule has 1 unspecified atom stereocenters. The molecule has 5 atom stereocenters. The van der Waals surface area contributed by atoms with Gasteiger partial charge in [0.25, 0.3) is 5.56 Å². The van der Waals surface area contributed by atoms with Crippen LogP contribution in [0.2, 0.25) is 10.1 Å².